The first-order valence-electron chi connectivity index (χ1n) is 2.72. The number of hydrogen-bond donors (Lipinski definition) is 0. The quantitative estimate of drug-likeness (QED) is 0.400. The van der Waals surface area contributed by atoms with Gasteiger partial charge in [-0.2, -0.15) is 0 Å². The average molecular weight is 112 g/mol. The molecule has 0 N–H and O–H groups in total. The van der Waals surface area contributed by atoms with E-state index in [1.54, 1.807) is 6.08 Å². The lowest BCUT2D eigenvalue weighted by molar-refractivity contribution is 0.226. The van der Waals surface area contributed by atoms with Gasteiger partial charge in [0.05, 0.1) is 12.4 Å². The van der Waals surface area contributed by atoms with Crippen molar-refractivity contribution in [1.82, 2.24) is 0 Å². The molecule has 0 rings (SSSR count). The highest BCUT2D eigenvalue weighted by Crippen LogP contribution is 1.98. The van der Waals surface area contributed by atoms with Crippen molar-refractivity contribution in [2.75, 3.05) is 6.61 Å². The second-order valence-electron chi connectivity index (χ2n) is 1.46. The first-order chi connectivity index (χ1) is 3.81. The van der Waals surface area contributed by atoms with Gasteiger partial charge in [0.25, 0.3) is 0 Å². The van der Waals surface area contributed by atoms with Gasteiger partial charge < -0.3 is 4.74 Å². The molecule has 0 aliphatic heterocycles. The zero-order valence-electron chi connectivity index (χ0n) is 5.31. The SMILES string of the molecule is C=CCC(=C)OCC. The van der Waals surface area contributed by atoms with E-state index in [-0.39, 0.29) is 0 Å². The van der Waals surface area contributed by atoms with Crippen molar-refractivity contribution >= 4 is 0 Å². The summed E-state index contributed by atoms with van der Waals surface area (Å²) in [6.45, 7) is 9.82. The molecule has 0 saturated heterocycles. The highest BCUT2D eigenvalue weighted by atomic mass is 16.5. The summed E-state index contributed by atoms with van der Waals surface area (Å²) in [5.41, 5.74) is 0. The summed E-state index contributed by atoms with van der Waals surface area (Å²) in [6, 6.07) is 0. The van der Waals surface area contributed by atoms with Crippen molar-refractivity contribution in [3.05, 3.63) is 25.0 Å². The minimum atomic E-state index is 0.701. The number of ether oxygens (including phenoxy) is 1. The van der Waals surface area contributed by atoms with Crippen LogP contribution in [0.5, 0.6) is 0 Å². The first kappa shape index (κ1) is 7.28. The molecule has 0 aliphatic carbocycles. The molecule has 0 spiro atoms. The fourth-order valence-electron chi connectivity index (χ4n) is 0.424. The van der Waals surface area contributed by atoms with E-state index in [0.29, 0.717) is 6.61 Å². The molecule has 46 valence electrons. The molecule has 0 heterocycles. The topological polar surface area (TPSA) is 9.23 Å². The summed E-state index contributed by atoms with van der Waals surface area (Å²) in [4.78, 5) is 0. The number of allylic oxidation sites excluding steroid dienone is 1. The Bertz CT molecular complexity index is 84.4. The monoisotopic (exact) mass is 112 g/mol. The van der Waals surface area contributed by atoms with Crippen molar-refractivity contribution in [2.24, 2.45) is 0 Å². The highest BCUT2D eigenvalue weighted by molar-refractivity contribution is 4.90. The van der Waals surface area contributed by atoms with E-state index in [1.165, 1.54) is 0 Å². The normalized spacial score (nSPS) is 8.12. The maximum absolute atomic E-state index is 5.02. The Morgan fingerprint density at radius 1 is 1.75 bits per heavy atom. The maximum Gasteiger partial charge on any atom is 0.0925 e. The molecule has 0 amide bonds. The highest BCUT2D eigenvalue weighted by Gasteiger charge is 1.84. The average Bonchev–Trinajstić information content (AvgIpc) is 1.68. The molecular weight excluding hydrogens is 100 g/mol. The zero-order chi connectivity index (χ0) is 6.41. The van der Waals surface area contributed by atoms with Crippen molar-refractivity contribution < 1.29 is 4.74 Å². The summed E-state index contributed by atoms with van der Waals surface area (Å²) in [6.07, 6.45) is 2.53. The van der Waals surface area contributed by atoms with E-state index in [4.69, 9.17) is 4.74 Å². The van der Waals surface area contributed by atoms with Gasteiger partial charge in [-0.05, 0) is 6.92 Å². The minimum absolute atomic E-state index is 0.701. The van der Waals surface area contributed by atoms with Crippen LogP contribution in [0.25, 0.3) is 0 Å². The third kappa shape index (κ3) is 3.47. The molecule has 8 heavy (non-hydrogen) atoms. The van der Waals surface area contributed by atoms with Crippen LogP contribution in [0, 0.1) is 0 Å². The number of rotatable bonds is 4. The predicted octanol–water partition coefficient (Wildman–Crippen LogP) is 2.11. The first-order valence-corrected chi connectivity index (χ1v) is 2.72. The molecule has 0 aromatic rings. The summed E-state index contributed by atoms with van der Waals surface area (Å²) in [5, 5.41) is 0. The van der Waals surface area contributed by atoms with Crippen molar-refractivity contribution in [3.8, 4) is 0 Å². The van der Waals surface area contributed by atoms with Gasteiger partial charge in [0, 0.05) is 6.42 Å². The van der Waals surface area contributed by atoms with Crippen LogP contribution in [-0.2, 0) is 4.74 Å². The maximum atomic E-state index is 5.02. The molecule has 0 bridgehead atoms. The van der Waals surface area contributed by atoms with Crippen molar-refractivity contribution in [1.29, 1.82) is 0 Å². The van der Waals surface area contributed by atoms with Gasteiger partial charge in [-0.1, -0.05) is 12.7 Å². The predicted molar refractivity (Wildman–Crippen MR) is 35.6 cm³/mol. The van der Waals surface area contributed by atoms with E-state index in [0.717, 1.165) is 12.2 Å². The summed E-state index contributed by atoms with van der Waals surface area (Å²) in [7, 11) is 0. The van der Waals surface area contributed by atoms with E-state index in [2.05, 4.69) is 13.2 Å². The lowest BCUT2D eigenvalue weighted by atomic mass is 10.4. The Hall–Kier alpha value is -0.720. The molecule has 0 aromatic carbocycles. The third-order valence-corrected chi connectivity index (χ3v) is 0.720. The molecular formula is C7H12O. The van der Waals surface area contributed by atoms with E-state index < -0.39 is 0 Å². The van der Waals surface area contributed by atoms with E-state index in [9.17, 15) is 0 Å². The van der Waals surface area contributed by atoms with Gasteiger partial charge in [-0.15, -0.1) is 6.58 Å². The van der Waals surface area contributed by atoms with Crippen LogP contribution in [0.15, 0.2) is 25.0 Å². The zero-order valence-corrected chi connectivity index (χ0v) is 5.31. The summed E-state index contributed by atoms with van der Waals surface area (Å²) < 4.78 is 5.02. The molecule has 0 saturated carbocycles. The van der Waals surface area contributed by atoms with Crippen LogP contribution in [0.2, 0.25) is 0 Å². The minimum Gasteiger partial charge on any atom is -0.499 e. The standard InChI is InChI=1S/C7H12O/c1-4-6-7(3)8-5-2/h4H,1,3,5-6H2,2H3. The Morgan fingerprint density at radius 2 is 2.38 bits per heavy atom. The van der Waals surface area contributed by atoms with Crippen LogP contribution in [0.3, 0.4) is 0 Å². The molecule has 0 aliphatic rings. The Kier molecular flexibility index (Phi) is 4.04. The largest absolute Gasteiger partial charge is 0.499 e. The molecule has 0 aromatic heterocycles. The van der Waals surface area contributed by atoms with Crippen LogP contribution in [-0.4, -0.2) is 6.61 Å². The van der Waals surface area contributed by atoms with Gasteiger partial charge in [0.1, 0.15) is 0 Å². The van der Waals surface area contributed by atoms with Gasteiger partial charge >= 0.3 is 0 Å². The van der Waals surface area contributed by atoms with Crippen LogP contribution in [0.1, 0.15) is 13.3 Å². The Morgan fingerprint density at radius 3 is 2.75 bits per heavy atom. The van der Waals surface area contributed by atoms with Gasteiger partial charge in [0.15, 0.2) is 0 Å². The molecule has 0 atom stereocenters. The fraction of sp³-hybridized carbons (Fsp3) is 0.429. The van der Waals surface area contributed by atoms with Crippen LogP contribution < -0.4 is 0 Å². The van der Waals surface area contributed by atoms with Crippen molar-refractivity contribution in [3.63, 3.8) is 0 Å². The molecule has 0 fully saturated rings. The number of hydrogen-bond acceptors (Lipinski definition) is 1. The van der Waals surface area contributed by atoms with Gasteiger partial charge in [-0.25, -0.2) is 0 Å². The molecule has 0 unspecified atom stereocenters. The Labute approximate surface area is 50.7 Å². The fourth-order valence-corrected chi connectivity index (χ4v) is 0.424. The lowest BCUT2D eigenvalue weighted by Gasteiger charge is -2.01. The summed E-state index contributed by atoms with van der Waals surface area (Å²) in [5.74, 6) is 0.794. The second kappa shape index (κ2) is 4.44. The van der Waals surface area contributed by atoms with Crippen molar-refractivity contribution in [2.45, 2.75) is 13.3 Å². The van der Waals surface area contributed by atoms with Gasteiger partial charge in [0.2, 0.25) is 0 Å². The summed E-state index contributed by atoms with van der Waals surface area (Å²) >= 11 is 0. The molecule has 0 radical (unpaired) electrons. The van der Waals surface area contributed by atoms with E-state index in [1.807, 2.05) is 6.92 Å². The Balaban J connectivity index is 3.18. The smallest absolute Gasteiger partial charge is 0.0925 e. The van der Waals surface area contributed by atoms with Crippen LogP contribution in [0.4, 0.5) is 0 Å². The van der Waals surface area contributed by atoms with Crippen LogP contribution >= 0.6 is 0 Å². The van der Waals surface area contributed by atoms with Gasteiger partial charge in [-0.3, -0.25) is 0 Å². The second-order valence-corrected chi connectivity index (χ2v) is 1.46. The molecule has 1 heteroatoms. The molecule has 1 nitrogen and oxygen atoms in total. The third-order valence-electron chi connectivity index (χ3n) is 0.720. The lowest BCUT2D eigenvalue weighted by Crippen LogP contribution is -1.86. The van der Waals surface area contributed by atoms with E-state index >= 15 is 0 Å².